The molecule has 17 heavy (non-hydrogen) atoms. The average Bonchev–Trinajstić information content (AvgIpc) is 2.56. The zero-order chi connectivity index (χ0) is 12.8. The lowest BCUT2D eigenvalue weighted by atomic mass is 10.2. The summed E-state index contributed by atoms with van der Waals surface area (Å²) in [4.78, 5) is 22.0. The maximum absolute atomic E-state index is 11.7. The largest absolute Gasteiger partial charge is 0.481 e. The van der Waals surface area contributed by atoms with Crippen LogP contribution in [0.3, 0.4) is 0 Å². The molecule has 5 nitrogen and oxygen atoms in total. The van der Waals surface area contributed by atoms with Crippen molar-refractivity contribution in [3.05, 3.63) is 22.4 Å². The number of rotatable bonds is 6. The van der Waals surface area contributed by atoms with Crippen LogP contribution >= 0.6 is 15.9 Å². The first kappa shape index (κ1) is 13.8. The van der Waals surface area contributed by atoms with Crippen molar-refractivity contribution in [3.63, 3.8) is 0 Å². The summed E-state index contributed by atoms with van der Waals surface area (Å²) < 4.78 is 2.59. The van der Waals surface area contributed by atoms with E-state index >= 15 is 0 Å². The van der Waals surface area contributed by atoms with Gasteiger partial charge in [-0.3, -0.25) is 9.59 Å². The number of hydrogen-bond acceptors (Lipinski definition) is 2. The van der Waals surface area contributed by atoms with Crippen molar-refractivity contribution in [2.45, 2.75) is 19.3 Å². The van der Waals surface area contributed by atoms with Crippen molar-refractivity contribution in [2.24, 2.45) is 7.05 Å². The Kier molecular flexibility index (Phi) is 5.21. The van der Waals surface area contributed by atoms with Crippen molar-refractivity contribution in [1.82, 2.24) is 9.88 Å². The van der Waals surface area contributed by atoms with Gasteiger partial charge in [0.1, 0.15) is 5.69 Å². The molecule has 94 valence electrons. The molecule has 0 aliphatic rings. The summed E-state index contributed by atoms with van der Waals surface area (Å²) in [5, 5.41) is 11.2. The molecule has 2 N–H and O–H groups in total. The Morgan fingerprint density at radius 2 is 2.18 bits per heavy atom. The summed E-state index contributed by atoms with van der Waals surface area (Å²) >= 11 is 3.29. The monoisotopic (exact) mass is 302 g/mol. The molecule has 0 aliphatic carbocycles. The Morgan fingerprint density at radius 3 is 2.71 bits per heavy atom. The Morgan fingerprint density at radius 1 is 1.47 bits per heavy atom. The SMILES string of the molecule is Cn1cc(Br)cc1C(=O)NCCCCC(=O)O. The highest BCUT2D eigenvalue weighted by Gasteiger charge is 2.09. The van der Waals surface area contributed by atoms with Crippen molar-refractivity contribution >= 4 is 27.8 Å². The predicted molar refractivity (Wildman–Crippen MR) is 66.9 cm³/mol. The maximum Gasteiger partial charge on any atom is 0.303 e. The van der Waals surface area contributed by atoms with Crippen LogP contribution in [0.25, 0.3) is 0 Å². The Labute approximate surface area is 108 Å². The van der Waals surface area contributed by atoms with Gasteiger partial charge in [-0.05, 0) is 34.8 Å². The quantitative estimate of drug-likeness (QED) is 0.787. The molecule has 0 aromatic carbocycles. The first-order valence-corrected chi connectivity index (χ1v) is 6.12. The first-order chi connectivity index (χ1) is 8.00. The molecule has 0 saturated carbocycles. The number of nitrogens with one attached hydrogen (secondary N) is 1. The first-order valence-electron chi connectivity index (χ1n) is 5.32. The van der Waals surface area contributed by atoms with E-state index in [0.29, 0.717) is 25.1 Å². The third-order valence-electron chi connectivity index (χ3n) is 2.31. The zero-order valence-electron chi connectivity index (χ0n) is 9.57. The zero-order valence-corrected chi connectivity index (χ0v) is 11.2. The van der Waals surface area contributed by atoms with E-state index in [4.69, 9.17) is 5.11 Å². The Hall–Kier alpha value is -1.30. The van der Waals surface area contributed by atoms with Gasteiger partial charge in [-0.1, -0.05) is 0 Å². The number of carbonyl (C=O) groups excluding carboxylic acids is 1. The molecule has 6 heteroatoms. The molecule has 0 spiro atoms. The molecule has 1 amide bonds. The Bertz CT molecular complexity index is 415. The normalized spacial score (nSPS) is 10.2. The maximum atomic E-state index is 11.7. The van der Waals surface area contributed by atoms with Crippen molar-refractivity contribution in [1.29, 1.82) is 0 Å². The van der Waals surface area contributed by atoms with Crippen molar-refractivity contribution < 1.29 is 14.7 Å². The molecule has 1 heterocycles. The lowest BCUT2D eigenvalue weighted by Gasteiger charge is -2.05. The van der Waals surface area contributed by atoms with Crippen LogP contribution < -0.4 is 5.32 Å². The summed E-state index contributed by atoms with van der Waals surface area (Å²) in [6.07, 6.45) is 3.20. The van der Waals surface area contributed by atoms with Crippen molar-refractivity contribution in [3.8, 4) is 0 Å². The summed E-state index contributed by atoms with van der Waals surface area (Å²) in [5.74, 6) is -0.948. The van der Waals surface area contributed by atoms with Gasteiger partial charge >= 0.3 is 5.97 Å². The lowest BCUT2D eigenvalue weighted by molar-refractivity contribution is -0.137. The molecule has 1 aromatic rings. The highest BCUT2D eigenvalue weighted by molar-refractivity contribution is 9.10. The minimum absolute atomic E-state index is 0.144. The van der Waals surface area contributed by atoms with Crippen LogP contribution in [0.4, 0.5) is 0 Å². The third-order valence-corrected chi connectivity index (χ3v) is 2.74. The second-order valence-corrected chi connectivity index (χ2v) is 4.68. The molecule has 1 aromatic heterocycles. The van der Waals surface area contributed by atoms with Gasteiger partial charge in [-0.25, -0.2) is 0 Å². The minimum atomic E-state index is -0.803. The van der Waals surface area contributed by atoms with E-state index in [0.717, 1.165) is 4.47 Å². The molecule has 0 aliphatic heterocycles. The number of halogens is 1. The van der Waals surface area contributed by atoms with E-state index in [9.17, 15) is 9.59 Å². The summed E-state index contributed by atoms with van der Waals surface area (Å²) in [6, 6.07) is 1.74. The lowest BCUT2D eigenvalue weighted by Crippen LogP contribution is -2.26. The van der Waals surface area contributed by atoms with E-state index in [-0.39, 0.29) is 12.3 Å². The fraction of sp³-hybridized carbons (Fsp3) is 0.455. The van der Waals surface area contributed by atoms with Gasteiger partial charge in [0, 0.05) is 30.7 Å². The van der Waals surface area contributed by atoms with Gasteiger partial charge in [0.25, 0.3) is 5.91 Å². The number of carboxylic acid groups (broad SMARTS) is 1. The number of aliphatic carboxylic acids is 1. The van der Waals surface area contributed by atoms with Gasteiger partial charge in [0.2, 0.25) is 0 Å². The fourth-order valence-electron chi connectivity index (χ4n) is 1.44. The van der Waals surface area contributed by atoms with E-state index < -0.39 is 5.97 Å². The predicted octanol–water partition coefficient (Wildman–Crippen LogP) is 1.77. The molecule has 1 rings (SSSR count). The van der Waals surface area contributed by atoms with Gasteiger partial charge in [-0.15, -0.1) is 0 Å². The standard InChI is InChI=1S/C11H15BrN2O3/c1-14-7-8(12)6-9(14)11(17)13-5-3-2-4-10(15)16/h6-7H,2-5H2,1H3,(H,13,17)(H,15,16). The summed E-state index contributed by atoms with van der Waals surface area (Å²) in [7, 11) is 1.80. The molecular weight excluding hydrogens is 288 g/mol. The molecule has 0 atom stereocenters. The highest BCUT2D eigenvalue weighted by Crippen LogP contribution is 2.13. The smallest absolute Gasteiger partial charge is 0.303 e. The molecule has 0 fully saturated rings. The second-order valence-electron chi connectivity index (χ2n) is 3.76. The number of unbranched alkanes of at least 4 members (excludes halogenated alkanes) is 1. The number of aryl methyl sites for hydroxylation is 1. The Balaban J connectivity index is 2.30. The van der Waals surface area contributed by atoms with E-state index in [1.54, 1.807) is 23.9 Å². The number of nitrogens with zero attached hydrogens (tertiary/aromatic N) is 1. The van der Waals surface area contributed by atoms with E-state index in [1.807, 2.05) is 0 Å². The second kappa shape index (κ2) is 6.44. The molecule has 0 bridgehead atoms. The van der Waals surface area contributed by atoms with Crippen LogP contribution in [-0.4, -0.2) is 28.1 Å². The topological polar surface area (TPSA) is 71.3 Å². The van der Waals surface area contributed by atoms with Crippen LogP contribution in [0.2, 0.25) is 0 Å². The molecule has 0 radical (unpaired) electrons. The number of carboxylic acids is 1. The molecule has 0 saturated heterocycles. The number of aromatic nitrogens is 1. The highest BCUT2D eigenvalue weighted by atomic mass is 79.9. The minimum Gasteiger partial charge on any atom is -0.481 e. The van der Waals surface area contributed by atoms with Crippen LogP contribution in [0, 0.1) is 0 Å². The summed E-state index contributed by atoms with van der Waals surface area (Å²) in [6.45, 7) is 0.495. The number of hydrogen-bond donors (Lipinski definition) is 2. The van der Waals surface area contributed by atoms with E-state index in [2.05, 4.69) is 21.2 Å². The van der Waals surface area contributed by atoms with E-state index in [1.165, 1.54) is 0 Å². The van der Waals surface area contributed by atoms with Gasteiger partial charge in [-0.2, -0.15) is 0 Å². The number of carbonyl (C=O) groups is 2. The van der Waals surface area contributed by atoms with Gasteiger partial charge < -0.3 is 15.0 Å². The third kappa shape index (κ3) is 4.60. The van der Waals surface area contributed by atoms with Gasteiger partial charge in [0.15, 0.2) is 0 Å². The van der Waals surface area contributed by atoms with Crippen LogP contribution in [0.1, 0.15) is 29.8 Å². The number of amides is 1. The fourth-order valence-corrected chi connectivity index (χ4v) is 1.97. The van der Waals surface area contributed by atoms with Gasteiger partial charge in [0.05, 0.1) is 0 Å². The van der Waals surface area contributed by atoms with Crippen molar-refractivity contribution in [2.75, 3.05) is 6.54 Å². The average molecular weight is 303 g/mol. The van der Waals surface area contributed by atoms with Crippen LogP contribution in [0.15, 0.2) is 16.7 Å². The summed E-state index contributed by atoms with van der Waals surface area (Å²) in [5.41, 5.74) is 0.579. The van der Waals surface area contributed by atoms with Crippen LogP contribution in [-0.2, 0) is 11.8 Å². The molecule has 0 unspecified atom stereocenters. The van der Waals surface area contributed by atoms with Crippen LogP contribution in [0.5, 0.6) is 0 Å². The molecular formula is C11H15BrN2O3.